The maximum atomic E-state index is 13.3. The van der Waals surface area contributed by atoms with E-state index in [2.05, 4.69) is 18.8 Å². The number of rotatable bonds is 10. The van der Waals surface area contributed by atoms with Crippen LogP contribution in [-0.4, -0.2) is 55.1 Å². The SMILES string of the molecule is C=CCN(C(=S)Nc1ccc(N(C)C)cc1)C1CC(=O)N(c2ccc(OCCCC)cc2)C1=O. The number of carbonyl (C=O) groups excluding carboxylic acids is 2. The third-order valence-electron chi connectivity index (χ3n) is 5.58. The third-order valence-corrected chi connectivity index (χ3v) is 5.92. The van der Waals surface area contributed by atoms with E-state index in [1.54, 1.807) is 35.2 Å². The fourth-order valence-corrected chi connectivity index (χ4v) is 4.01. The molecule has 0 saturated carbocycles. The minimum absolute atomic E-state index is 0.0445. The molecule has 0 aromatic heterocycles. The summed E-state index contributed by atoms with van der Waals surface area (Å²) in [6.07, 6.45) is 3.74. The maximum absolute atomic E-state index is 13.3. The molecule has 2 aromatic rings. The maximum Gasteiger partial charge on any atom is 0.257 e. The van der Waals surface area contributed by atoms with E-state index in [0.717, 1.165) is 24.2 Å². The van der Waals surface area contributed by atoms with Gasteiger partial charge in [0.2, 0.25) is 5.91 Å². The monoisotopic (exact) mass is 480 g/mol. The molecule has 1 fully saturated rings. The van der Waals surface area contributed by atoms with Crippen molar-refractivity contribution >= 4 is 46.2 Å². The van der Waals surface area contributed by atoms with E-state index in [0.29, 0.717) is 29.7 Å². The second-order valence-electron chi connectivity index (χ2n) is 8.30. The molecule has 8 heteroatoms. The molecule has 2 amide bonds. The van der Waals surface area contributed by atoms with Crippen LogP contribution in [0.4, 0.5) is 17.1 Å². The quantitative estimate of drug-likeness (QED) is 0.233. The number of thiocarbonyl (C=S) groups is 1. The van der Waals surface area contributed by atoms with Gasteiger partial charge >= 0.3 is 0 Å². The number of ether oxygens (including phenoxy) is 1. The summed E-state index contributed by atoms with van der Waals surface area (Å²) >= 11 is 5.62. The molecular formula is C26H32N4O3S. The van der Waals surface area contributed by atoms with Gasteiger partial charge in [0, 0.05) is 32.0 Å². The first-order valence-corrected chi connectivity index (χ1v) is 11.8. The van der Waals surface area contributed by atoms with E-state index >= 15 is 0 Å². The van der Waals surface area contributed by atoms with E-state index in [-0.39, 0.29) is 18.2 Å². The van der Waals surface area contributed by atoms with Crippen LogP contribution in [0.25, 0.3) is 0 Å². The van der Waals surface area contributed by atoms with E-state index in [1.165, 1.54) is 4.90 Å². The molecule has 180 valence electrons. The number of nitrogens with one attached hydrogen (secondary N) is 1. The third kappa shape index (κ3) is 5.94. The van der Waals surface area contributed by atoms with Crippen LogP contribution >= 0.6 is 12.2 Å². The zero-order valence-electron chi connectivity index (χ0n) is 20.0. The number of imide groups is 1. The topological polar surface area (TPSA) is 65.1 Å². The lowest BCUT2D eigenvalue weighted by Crippen LogP contribution is -2.47. The molecule has 1 saturated heterocycles. The molecule has 2 aromatic carbocycles. The second-order valence-corrected chi connectivity index (χ2v) is 8.68. The smallest absolute Gasteiger partial charge is 0.257 e. The highest BCUT2D eigenvalue weighted by atomic mass is 32.1. The second kappa shape index (κ2) is 11.7. The van der Waals surface area contributed by atoms with E-state index in [1.807, 2.05) is 43.3 Å². The molecule has 1 N–H and O–H groups in total. The highest BCUT2D eigenvalue weighted by Gasteiger charge is 2.43. The standard InChI is InChI=1S/C26H32N4O3S/c1-5-7-17-33-22-14-12-21(13-15-22)30-24(31)18-23(25(30)32)29(16-6-2)26(34)27-19-8-10-20(11-9-19)28(3)4/h6,8-15,23H,2,5,7,16-18H2,1,3-4H3,(H,27,34). The summed E-state index contributed by atoms with van der Waals surface area (Å²) in [4.78, 5) is 31.1. The van der Waals surface area contributed by atoms with Crippen LogP contribution < -0.4 is 19.9 Å². The Hall–Kier alpha value is -3.39. The van der Waals surface area contributed by atoms with Crippen molar-refractivity contribution in [3.8, 4) is 5.75 Å². The first kappa shape index (κ1) is 25.2. The Morgan fingerprint density at radius 3 is 2.44 bits per heavy atom. The summed E-state index contributed by atoms with van der Waals surface area (Å²) in [5.41, 5.74) is 2.39. The average Bonchev–Trinajstić information content (AvgIpc) is 3.11. The lowest BCUT2D eigenvalue weighted by molar-refractivity contribution is -0.122. The van der Waals surface area contributed by atoms with Crippen LogP contribution in [0.5, 0.6) is 5.75 Å². The van der Waals surface area contributed by atoms with Gasteiger partial charge in [0.25, 0.3) is 5.91 Å². The predicted molar refractivity (Wildman–Crippen MR) is 142 cm³/mol. The van der Waals surface area contributed by atoms with Crippen molar-refractivity contribution in [3.63, 3.8) is 0 Å². The molecule has 0 bridgehead atoms. The number of hydrogen-bond donors (Lipinski definition) is 1. The Morgan fingerprint density at radius 2 is 1.85 bits per heavy atom. The molecule has 1 aliphatic rings. The fourth-order valence-electron chi connectivity index (χ4n) is 3.69. The first-order valence-electron chi connectivity index (χ1n) is 11.4. The predicted octanol–water partition coefficient (Wildman–Crippen LogP) is 4.45. The van der Waals surface area contributed by atoms with Gasteiger partial charge in [-0.1, -0.05) is 19.4 Å². The normalized spacial score (nSPS) is 15.3. The van der Waals surface area contributed by atoms with Crippen molar-refractivity contribution < 1.29 is 14.3 Å². The van der Waals surface area contributed by atoms with Gasteiger partial charge in [-0.05, 0) is 67.2 Å². The molecule has 3 rings (SSSR count). The molecule has 1 atom stereocenters. The Labute approximate surface area is 207 Å². The molecule has 0 aliphatic carbocycles. The summed E-state index contributed by atoms with van der Waals surface area (Å²) in [7, 11) is 3.95. The first-order chi connectivity index (χ1) is 16.3. The van der Waals surface area contributed by atoms with Gasteiger partial charge in [-0.15, -0.1) is 6.58 Å². The Morgan fingerprint density at radius 1 is 1.18 bits per heavy atom. The zero-order valence-corrected chi connectivity index (χ0v) is 20.8. The minimum Gasteiger partial charge on any atom is -0.494 e. The highest BCUT2D eigenvalue weighted by molar-refractivity contribution is 7.80. The fraction of sp³-hybridized carbons (Fsp3) is 0.346. The number of amides is 2. The molecule has 0 spiro atoms. The lowest BCUT2D eigenvalue weighted by Gasteiger charge is -2.29. The number of hydrogen-bond acceptors (Lipinski definition) is 5. The number of nitrogens with zero attached hydrogens (tertiary/aromatic N) is 3. The Balaban J connectivity index is 1.72. The molecule has 1 aliphatic heterocycles. The van der Waals surface area contributed by atoms with Crippen LogP contribution in [0.15, 0.2) is 61.2 Å². The van der Waals surface area contributed by atoms with Crippen LogP contribution in [-0.2, 0) is 9.59 Å². The molecule has 1 heterocycles. The van der Waals surface area contributed by atoms with Gasteiger partial charge in [-0.25, -0.2) is 4.90 Å². The van der Waals surface area contributed by atoms with E-state index in [9.17, 15) is 9.59 Å². The largest absolute Gasteiger partial charge is 0.494 e. The van der Waals surface area contributed by atoms with Crippen LogP contribution in [0.1, 0.15) is 26.2 Å². The van der Waals surface area contributed by atoms with Gasteiger partial charge in [-0.3, -0.25) is 9.59 Å². The minimum atomic E-state index is -0.702. The van der Waals surface area contributed by atoms with Crippen molar-refractivity contribution in [2.45, 2.75) is 32.2 Å². The highest BCUT2D eigenvalue weighted by Crippen LogP contribution is 2.28. The van der Waals surface area contributed by atoms with Crippen molar-refractivity contribution in [3.05, 3.63) is 61.2 Å². The van der Waals surface area contributed by atoms with Gasteiger partial charge in [0.1, 0.15) is 11.8 Å². The summed E-state index contributed by atoms with van der Waals surface area (Å²) < 4.78 is 5.68. The van der Waals surface area contributed by atoms with Crippen molar-refractivity contribution in [1.29, 1.82) is 0 Å². The Kier molecular flexibility index (Phi) is 8.65. The van der Waals surface area contributed by atoms with E-state index < -0.39 is 6.04 Å². The summed E-state index contributed by atoms with van der Waals surface area (Å²) in [5, 5.41) is 3.55. The molecule has 34 heavy (non-hydrogen) atoms. The summed E-state index contributed by atoms with van der Waals surface area (Å²) in [6.45, 7) is 6.87. The van der Waals surface area contributed by atoms with Gasteiger partial charge < -0.3 is 19.9 Å². The van der Waals surface area contributed by atoms with Gasteiger partial charge in [0.15, 0.2) is 5.11 Å². The van der Waals surface area contributed by atoms with Crippen molar-refractivity contribution in [2.24, 2.45) is 0 Å². The lowest BCUT2D eigenvalue weighted by atomic mass is 10.2. The Bertz CT molecular complexity index is 1020. The van der Waals surface area contributed by atoms with Gasteiger partial charge in [-0.2, -0.15) is 0 Å². The zero-order chi connectivity index (χ0) is 24.7. The van der Waals surface area contributed by atoms with Crippen molar-refractivity contribution in [1.82, 2.24) is 4.90 Å². The number of benzene rings is 2. The van der Waals surface area contributed by atoms with E-state index in [4.69, 9.17) is 17.0 Å². The summed E-state index contributed by atoms with van der Waals surface area (Å²) in [5.74, 6) is 0.146. The molecular weight excluding hydrogens is 448 g/mol. The van der Waals surface area contributed by atoms with Crippen LogP contribution in [0, 0.1) is 0 Å². The number of unbranched alkanes of at least 4 members (excludes halogenated alkanes) is 1. The van der Waals surface area contributed by atoms with Crippen LogP contribution in [0.3, 0.4) is 0 Å². The van der Waals surface area contributed by atoms with Gasteiger partial charge in [0.05, 0.1) is 18.7 Å². The molecule has 1 unspecified atom stereocenters. The average molecular weight is 481 g/mol. The summed E-state index contributed by atoms with van der Waals surface area (Å²) in [6, 6.07) is 14.1. The van der Waals surface area contributed by atoms with Crippen LogP contribution in [0.2, 0.25) is 0 Å². The number of anilines is 3. The molecule has 0 radical (unpaired) electrons. The molecule has 7 nitrogen and oxygen atoms in total. The van der Waals surface area contributed by atoms with Crippen molar-refractivity contribution in [2.75, 3.05) is 42.4 Å². The number of carbonyl (C=O) groups is 2.